The number of rotatable bonds is 1. The third kappa shape index (κ3) is 1.17. The second-order valence-corrected chi connectivity index (χ2v) is 3.53. The second-order valence-electron chi connectivity index (χ2n) is 3.53. The van der Waals surface area contributed by atoms with E-state index in [1.54, 1.807) is 16.8 Å². The van der Waals surface area contributed by atoms with Gasteiger partial charge < -0.3 is 10.7 Å². The molecule has 0 bridgehead atoms. The fraction of sp³-hybridized carbons (Fsp3) is 0.333. The van der Waals surface area contributed by atoms with Crippen LogP contribution in [0.4, 0.5) is 5.69 Å². The molecule has 5 nitrogen and oxygen atoms in total. The standard InChI is InChI=1S/C9H12N4O/c1-5(2)13-8-7(12-9(13)14)3-6(10)4-11-8/h3-5H,10H2,1-2H3,(H,12,14). The molecule has 2 aromatic heterocycles. The van der Waals surface area contributed by atoms with E-state index in [9.17, 15) is 4.79 Å². The van der Waals surface area contributed by atoms with Crippen molar-refractivity contribution in [2.24, 2.45) is 0 Å². The zero-order valence-electron chi connectivity index (χ0n) is 8.11. The Hall–Kier alpha value is -1.78. The molecule has 0 aromatic carbocycles. The lowest BCUT2D eigenvalue weighted by atomic mass is 10.3. The SMILES string of the molecule is CC(C)n1c(=O)[nH]c2cc(N)cnc21. The number of hydrogen-bond acceptors (Lipinski definition) is 3. The number of nitrogens with one attached hydrogen (secondary N) is 1. The van der Waals surface area contributed by atoms with Gasteiger partial charge in [-0.3, -0.25) is 4.57 Å². The minimum Gasteiger partial charge on any atom is -0.397 e. The number of H-pyrrole nitrogens is 1. The van der Waals surface area contributed by atoms with Crippen LogP contribution in [0.25, 0.3) is 11.2 Å². The molecule has 0 radical (unpaired) electrons. The lowest BCUT2D eigenvalue weighted by molar-refractivity contribution is 0.593. The van der Waals surface area contributed by atoms with Gasteiger partial charge in [-0.25, -0.2) is 9.78 Å². The number of anilines is 1. The summed E-state index contributed by atoms with van der Waals surface area (Å²) >= 11 is 0. The average molecular weight is 192 g/mol. The van der Waals surface area contributed by atoms with E-state index in [1.165, 1.54) is 0 Å². The Balaban J connectivity index is 2.84. The van der Waals surface area contributed by atoms with Gasteiger partial charge in [-0.1, -0.05) is 0 Å². The summed E-state index contributed by atoms with van der Waals surface area (Å²) < 4.78 is 1.61. The zero-order valence-corrected chi connectivity index (χ0v) is 8.11. The smallest absolute Gasteiger partial charge is 0.327 e. The number of hydrogen-bond donors (Lipinski definition) is 2. The van der Waals surface area contributed by atoms with E-state index in [4.69, 9.17) is 5.73 Å². The fourth-order valence-corrected chi connectivity index (χ4v) is 1.51. The van der Waals surface area contributed by atoms with E-state index in [2.05, 4.69) is 9.97 Å². The van der Waals surface area contributed by atoms with Gasteiger partial charge in [-0.15, -0.1) is 0 Å². The maximum absolute atomic E-state index is 11.5. The van der Waals surface area contributed by atoms with Gasteiger partial charge in [-0.05, 0) is 19.9 Å². The molecule has 74 valence electrons. The van der Waals surface area contributed by atoms with Crippen LogP contribution in [0, 0.1) is 0 Å². The number of imidazole rings is 1. The van der Waals surface area contributed by atoms with E-state index in [0.29, 0.717) is 16.9 Å². The normalized spacial score (nSPS) is 11.4. The van der Waals surface area contributed by atoms with Crippen LogP contribution in [0.1, 0.15) is 19.9 Å². The molecular weight excluding hydrogens is 180 g/mol. The zero-order chi connectivity index (χ0) is 10.3. The monoisotopic (exact) mass is 192 g/mol. The second kappa shape index (κ2) is 2.87. The number of nitrogen functional groups attached to an aromatic ring is 1. The molecule has 2 aromatic rings. The lowest BCUT2D eigenvalue weighted by Crippen LogP contribution is -2.18. The Morgan fingerprint density at radius 2 is 2.29 bits per heavy atom. The summed E-state index contributed by atoms with van der Waals surface area (Å²) in [5.74, 6) is 0. The van der Waals surface area contributed by atoms with Crippen LogP contribution in [0.2, 0.25) is 0 Å². The molecule has 3 N–H and O–H groups in total. The van der Waals surface area contributed by atoms with Crippen LogP contribution in [0.5, 0.6) is 0 Å². The summed E-state index contributed by atoms with van der Waals surface area (Å²) in [5, 5.41) is 0. The number of nitrogens with zero attached hydrogens (tertiary/aromatic N) is 2. The fourth-order valence-electron chi connectivity index (χ4n) is 1.51. The quantitative estimate of drug-likeness (QED) is 0.704. The van der Waals surface area contributed by atoms with Crippen molar-refractivity contribution in [2.75, 3.05) is 5.73 Å². The van der Waals surface area contributed by atoms with Gasteiger partial charge in [0.1, 0.15) is 0 Å². The van der Waals surface area contributed by atoms with Crippen molar-refractivity contribution in [3.8, 4) is 0 Å². The first kappa shape index (κ1) is 8.80. The van der Waals surface area contributed by atoms with Gasteiger partial charge in [0.2, 0.25) is 0 Å². The Kier molecular flexibility index (Phi) is 1.80. The first-order valence-electron chi connectivity index (χ1n) is 4.45. The molecule has 14 heavy (non-hydrogen) atoms. The molecule has 0 unspecified atom stereocenters. The van der Waals surface area contributed by atoms with Crippen molar-refractivity contribution < 1.29 is 0 Å². The minimum atomic E-state index is -0.145. The van der Waals surface area contributed by atoms with Crippen molar-refractivity contribution in [1.29, 1.82) is 0 Å². The molecule has 0 saturated heterocycles. The van der Waals surface area contributed by atoms with Crippen LogP contribution in [-0.4, -0.2) is 14.5 Å². The third-order valence-electron chi connectivity index (χ3n) is 2.09. The van der Waals surface area contributed by atoms with Gasteiger partial charge in [0.15, 0.2) is 5.65 Å². The highest BCUT2D eigenvalue weighted by molar-refractivity contribution is 5.74. The van der Waals surface area contributed by atoms with E-state index in [1.807, 2.05) is 13.8 Å². The van der Waals surface area contributed by atoms with Crippen LogP contribution in [0.3, 0.4) is 0 Å². The molecule has 0 aliphatic heterocycles. The highest BCUT2D eigenvalue weighted by Gasteiger charge is 2.10. The third-order valence-corrected chi connectivity index (χ3v) is 2.09. The Labute approximate surface area is 80.6 Å². The molecule has 0 fully saturated rings. The van der Waals surface area contributed by atoms with Gasteiger partial charge >= 0.3 is 5.69 Å². The molecule has 0 saturated carbocycles. The van der Waals surface area contributed by atoms with Crippen LogP contribution in [0.15, 0.2) is 17.1 Å². The number of nitrogens with two attached hydrogens (primary N) is 1. The average Bonchev–Trinajstić information content (AvgIpc) is 2.39. The van der Waals surface area contributed by atoms with E-state index in [0.717, 1.165) is 0 Å². The topological polar surface area (TPSA) is 76.7 Å². The van der Waals surface area contributed by atoms with Crippen molar-refractivity contribution in [2.45, 2.75) is 19.9 Å². The van der Waals surface area contributed by atoms with Crippen molar-refractivity contribution >= 4 is 16.9 Å². The molecule has 5 heteroatoms. The van der Waals surface area contributed by atoms with Crippen LogP contribution in [-0.2, 0) is 0 Å². The number of fused-ring (bicyclic) bond motifs is 1. The van der Waals surface area contributed by atoms with Gasteiger partial charge in [0.05, 0.1) is 17.4 Å². The summed E-state index contributed by atoms with van der Waals surface area (Å²) in [5.41, 5.74) is 7.31. The first-order chi connectivity index (χ1) is 6.59. The van der Waals surface area contributed by atoms with E-state index in [-0.39, 0.29) is 11.7 Å². The van der Waals surface area contributed by atoms with Gasteiger partial charge in [0.25, 0.3) is 0 Å². The molecular formula is C9H12N4O. The maximum Gasteiger partial charge on any atom is 0.327 e. The van der Waals surface area contributed by atoms with Gasteiger partial charge in [-0.2, -0.15) is 0 Å². The molecule has 0 spiro atoms. The number of pyridine rings is 1. The van der Waals surface area contributed by atoms with Crippen LogP contribution >= 0.6 is 0 Å². The van der Waals surface area contributed by atoms with E-state index < -0.39 is 0 Å². The lowest BCUT2D eigenvalue weighted by Gasteiger charge is -2.05. The number of aromatic amines is 1. The molecule has 0 aliphatic rings. The molecule has 0 atom stereocenters. The molecule has 2 rings (SSSR count). The first-order valence-corrected chi connectivity index (χ1v) is 4.45. The summed E-state index contributed by atoms with van der Waals surface area (Å²) in [6.45, 7) is 3.87. The molecule has 0 aliphatic carbocycles. The Bertz CT molecular complexity index is 523. The highest BCUT2D eigenvalue weighted by Crippen LogP contribution is 2.13. The van der Waals surface area contributed by atoms with Crippen molar-refractivity contribution in [3.05, 3.63) is 22.7 Å². The van der Waals surface area contributed by atoms with Crippen LogP contribution < -0.4 is 11.4 Å². The Morgan fingerprint density at radius 1 is 1.57 bits per heavy atom. The number of aromatic nitrogens is 3. The minimum absolute atomic E-state index is 0.0902. The Morgan fingerprint density at radius 3 is 2.93 bits per heavy atom. The van der Waals surface area contributed by atoms with Gasteiger partial charge in [0, 0.05) is 6.04 Å². The summed E-state index contributed by atoms with van der Waals surface area (Å²) in [4.78, 5) is 18.4. The summed E-state index contributed by atoms with van der Waals surface area (Å²) in [6.07, 6.45) is 1.55. The molecule has 2 heterocycles. The highest BCUT2D eigenvalue weighted by atomic mass is 16.1. The van der Waals surface area contributed by atoms with Crippen molar-refractivity contribution in [3.63, 3.8) is 0 Å². The molecule has 0 amide bonds. The maximum atomic E-state index is 11.5. The van der Waals surface area contributed by atoms with Crippen molar-refractivity contribution in [1.82, 2.24) is 14.5 Å². The largest absolute Gasteiger partial charge is 0.397 e. The summed E-state index contributed by atoms with van der Waals surface area (Å²) in [7, 11) is 0. The summed E-state index contributed by atoms with van der Waals surface area (Å²) in [6, 6.07) is 1.80. The predicted octanol–water partition coefficient (Wildman–Crippen LogP) is 0.888. The predicted molar refractivity (Wildman–Crippen MR) is 55.2 cm³/mol. The van der Waals surface area contributed by atoms with E-state index >= 15 is 0 Å².